The van der Waals surface area contributed by atoms with Crippen LogP contribution in [-0.2, 0) is 11.3 Å². The summed E-state index contributed by atoms with van der Waals surface area (Å²) < 4.78 is 5.97. The Hall–Kier alpha value is -1.60. The molecule has 0 aliphatic carbocycles. The van der Waals surface area contributed by atoms with Crippen LogP contribution < -0.4 is 5.48 Å². The molecule has 4 nitrogen and oxygen atoms in total. The van der Waals surface area contributed by atoms with Crippen LogP contribution in [0.2, 0.25) is 0 Å². The number of esters is 1. The Morgan fingerprint density at radius 3 is 2.63 bits per heavy atom. The zero-order valence-electron chi connectivity index (χ0n) is 9.93. The van der Waals surface area contributed by atoms with Gasteiger partial charge in [-0.1, -0.05) is 30.3 Å². The van der Waals surface area contributed by atoms with Crippen LogP contribution in [0.15, 0.2) is 48.5 Å². The highest BCUT2D eigenvalue weighted by Gasteiger charge is 2.12. The molecular formula is C14H11INO3-. The molecule has 2 rings (SSSR count). The van der Waals surface area contributed by atoms with Gasteiger partial charge in [0.15, 0.2) is 0 Å². The average Bonchev–Trinajstić information content (AvgIpc) is 2.46. The standard InChI is InChI=1S/C14H11INO3/c15-13-7-6-11(16-18)8-12(13)14(17)19-9-10-4-2-1-3-5-10/h1-8,16H,9H2/q-1. The van der Waals surface area contributed by atoms with E-state index < -0.39 is 5.97 Å². The van der Waals surface area contributed by atoms with E-state index in [1.807, 2.05) is 52.9 Å². The van der Waals surface area contributed by atoms with Crippen molar-refractivity contribution in [3.05, 3.63) is 68.4 Å². The molecular weight excluding hydrogens is 357 g/mol. The van der Waals surface area contributed by atoms with Crippen molar-refractivity contribution in [2.75, 3.05) is 5.48 Å². The maximum Gasteiger partial charge on any atom is 0.339 e. The van der Waals surface area contributed by atoms with Gasteiger partial charge in [0.05, 0.1) is 5.56 Å². The van der Waals surface area contributed by atoms with E-state index in [1.165, 1.54) is 6.07 Å². The topological polar surface area (TPSA) is 61.4 Å². The molecule has 98 valence electrons. The molecule has 0 saturated heterocycles. The summed E-state index contributed by atoms with van der Waals surface area (Å²) in [5, 5.41) is 10.6. The summed E-state index contributed by atoms with van der Waals surface area (Å²) in [6, 6.07) is 14.2. The summed E-state index contributed by atoms with van der Waals surface area (Å²) in [5.41, 5.74) is 3.41. The Morgan fingerprint density at radius 1 is 1.21 bits per heavy atom. The molecule has 0 bridgehead atoms. The summed E-state index contributed by atoms with van der Waals surface area (Å²) >= 11 is 2.03. The van der Waals surface area contributed by atoms with Crippen LogP contribution in [-0.4, -0.2) is 5.97 Å². The van der Waals surface area contributed by atoms with Crippen molar-refractivity contribution in [1.29, 1.82) is 0 Å². The predicted molar refractivity (Wildman–Crippen MR) is 81.7 cm³/mol. The largest absolute Gasteiger partial charge is 0.761 e. The lowest BCUT2D eigenvalue weighted by molar-refractivity contribution is 0.0471. The number of anilines is 1. The molecule has 0 saturated carbocycles. The molecule has 2 aromatic rings. The average molecular weight is 368 g/mol. The van der Waals surface area contributed by atoms with Gasteiger partial charge in [-0.2, -0.15) is 0 Å². The fourth-order valence-electron chi connectivity index (χ4n) is 1.55. The van der Waals surface area contributed by atoms with Crippen molar-refractivity contribution in [3.63, 3.8) is 0 Å². The molecule has 0 amide bonds. The molecule has 0 atom stereocenters. The molecule has 0 heterocycles. The Kier molecular flexibility index (Phi) is 4.75. The van der Waals surface area contributed by atoms with Gasteiger partial charge in [0.25, 0.3) is 0 Å². The zero-order chi connectivity index (χ0) is 13.7. The first-order valence-electron chi connectivity index (χ1n) is 5.59. The molecule has 5 heteroatoms. The molecule has 0 aliphatic rings. The van der Waals surface area contributed by atoms with Crippen LogP contribution in [0.25, 0.3) is 0 Å². The predicted octanol–water partition coefficient (Wildman–Crippen LogP) is 3.56. The first kappa shape index (κ1) is 13.8. The van der Waals surface area contributed by atoms with Crippen LogP contribution in [0.3, 0.4) is 0 Å². The van der Waals surface area contributed by atoms with E-state index in [0.717, 1.165) is 9.13 Å². The Labute approximate surface area is 124 Å². The summed E-state index contributed by atoms with van der Waals surface area (Å²) in [7, 11) is 0. The first-order valence-corrected chi connectivity index (χ1v) is 6.67. The van der Waals surface area contributed by atoms with Crippen molar-refractivity contribution < 1.29 is 9.53 Å². The fourth-order valence-corrected chi connectivity index (χ4v) is 2.10. The number of hydrogen-bond donors (Lipinski definition) is 1. The summed E-state index contributed by atoms with van der Waals surface area (Å²) in [4.78, 5) is 12.0. The summed E-state index contributed by atoms with van der Waals surface area (Å²) in [6.45, 7) is 0.213. The van der Waals surface area contributed by atoms with Crippen molar-refractivity contribution >= 4 is 34.2 Å². The maximum absolute atomic E-state index is 12.0. The molecule has 0 fully saturated rings. The van der Waals surface area contributed by atoms with Crippen molar-refractivity contribution in [3.8, 4) is 0 Å². The van der Waals surface area contributed by atoms with Gasteiger partial charge in [-0.05, 0) is 46.4 Å². The van der Waals surface area contributed by atoms with Gasteiger partial charge in [-0.15, -0.1) is 0 Å². The highest BCUT2D eigenvalue weighted by molar-refractivity contribution is 14.1. The number of carbonyl (C=O) groups excluding carboxylic acids is 1. The van der Waals surface area contributed by atoms with Gasteiger partial charge in [0.2, 0.25) is 0 Å². The number of nitrogens with one attached hydrogen (secondary N) is 1. The minimum atomic E-state index is -0.439. The van der Waals surface area contributed by atoms with E-state index >= 15 is 0 Å². The monoisotopic (exact) mass is 368 g/mol. The lowest BCUT2D eigenvalue weighted by Gasteiger charge is -2.12. The van der Waals surface area contributed by atoms with Crippen molar-refractivity contribution in [2.45, 2.75) is 6.61 Å². The minimum absolute atomic E-state index is 0.213. The van der Waals surface area contributed by atoms with E-state index in [-0.39, 0.29) is 6.61 Å². The van der Waals surface area contributed by atoms with Gasteiger partial charge in [-0.3, -0.25) is 0 Å². The SMILES string of the molecule is O=C(OCc1ccccc1)c1cc(N[O-])ccc1I. The fraction of sp³-hybridized carbons (Fsp3) is 0.0714. The van der Waals surface area contributed by atoms with E-state index in [2.05, 4.69) is 0 Å². The second kappa shape index (κ2) is 6.53. The number of benzene rings is 2. The second-order valence-corrected chi connectivity index (χ2v) is 5.02. The number of halogens is 1. The third kappa shape index (κ3) is 3.68. The van der Waals surface area contributed by atoms with Crippen LogP contribution >= 0.6 is 22.6 Å². The molecule has 1 N–H and O–H groups in total. The molecule has 0 unspecified atom stereocenters. The zero-order valence-corrected chi connectivity index (χ0v) is 12.1. The minimum Gasteiger partial charge on any atom is -0.761 e. The van der Waals surface area contributed by atoms with E-state index in [0.29, 0.717) is 11.3 Å². The number of carbonyl (C=O) groups is 1. The van der Waals surface area contributed by atoms with Gasteiger partial charge in [-0.25, -0.2) is 4.79 Å². The van der Waals surface area contributed by atoms with Gasteiger partial charge < -0.3 is 15.4 Å². The Bertz CT molecular complexity index is 572. The highest BCUT2D eigenvalue weighted by atomic mass is 127. The van der Waals surface area contributed by atoms with Crippen LogP contribution in [0.1, 0.15) is 15.9 Å². The summed E-state index contributed by atoms with van der Waals surface area (Å²) in [5.74, 6) is -0.439. The molecule has 0 aromatic heterocycles. The summed E-state index contributed by atoms with van der Waals surface area (Å²) in [6.07, 6.45) is 0. The first-order chi connectivity index (χ1) is 9.20. The Balaban J connectivity index is 2.08. The van der Waals surface area contributed by atoms with Crippen molar-refractivity contribution in [1.82, 2.24) is 0 Å². The third-order valence-electron chi connectivity index (χ3n) is 2.52. The van der Waals surface area contributed by atoms with Crippen LogP contribution in [0, 0.1) is 8.78 Å². The van der Waals surface area contributed by atoms with E-state index in [4.69, 9.17) is 4.74 Å². The van der Waals surface area contributed by atoms with Crippen LogP contribution in [0.5, 0.6) is 0 Å². The second-order valence-electron chi connectivity index (χ2n) is 3.86. The Morgan fingerprint density at radius 2 is 1.95 bits per heavy atom. The molecule has 0 aliphatic heterocycles. The molecule has 0 radical (unpaired) electrons. The van der Waals surface area contributed by atoms with Crippen molar-refractivity contribution in [2.24, 2.45) is 0 Å². The lowest BCUT2D eigenvalue weighted by atomic mass is 10.2. The maximum atomic E-state index is 12.0. The number of ether oxygens (including phenoxy) is 1. The van der Waals surface area contributed by atoms with E-state index in [9.17, 15) is 10.0 Å². The van der Waals surface area contributed by atoms with Gasteiger partial charge >= 0.3 is 5.97 Å². The number of hydrogen-bond acceptors (Lipinski definition) is 4. The highest BCUT2D eigenvalue weighted by Crippen LogP contribution is 2.19. The smallest absolute Gasteiger partial charge is 0.339 e. The molecule has 19 heavy (non-hydrogen) atoms. The third-order valence-corrected chi connectivity index (χ3v) is 3.46. The lowest BCUT2D eigenvalue weighted by Crippen LogP contribution is -2.07. The quantitative estimate of drug-likeness (QED) is 0.509. The van der Waals surface area contributed by atoms with Gasteiger partial charge in [0.1, 0.15) is 6.61 Å². The van der Waals surface area contributed by atoms with E-state index in [1.54, 1.807) is 17.6 Å². The number of rotatable bonds is 4. The molecule has 2 aromatic carbocycles. The molecule has 0 spiro atoms. The normalized spacial score (nSPS) is 10.0. The van der Waals surface area contributed by atoms with Gasteiger partial charge in [0, 0.05) is 9.26 Å². The van der Waals surface area contributed by atoms with Crippen LogP contribution in [0.4, 0.5) is 5.69 Å².